The molecule has 2 aromatic carbocycles. The van der Waals surface area contributed by atoms with Gasteiger partial charge in [-0.2, -0.15) is 0 Å². The Morgan fingerprint density at radius 3 is 2.40 bits per heavy atom. The molecule has 0 amide bonds. The zero-order valence-corrected chi connectivity index (χ0v) is 14.9. The predicted octanol–water partition coefficient (Wildman–Crippen LogP) is 3.60. The number of aliphatic hydroxyl groups is 1. The van der Waals surface area contributed by atoms with Crippen molar-refractivity contribution in [2.45, 2.75) is 24.2 Å². The number of ether oxygens (including phenoxy) is 1. The summed E-state index contributed by atoms with van der Waals surface area (Å²) in [6.45, 7) is 0.131. The molecule has 2 atom stereocenters. The number of carbonyl (C=O) groups excluding carboxylic acids is 2. The molecular weight excluding hydrogens is 360 g/mol. The summed E-state index contributed by atoms with van der Waals surface area (Å²) in [4.78, 5) is 23.0. The number of carbonyl (C=O) groups is 2. The molecule has 0 spiro atoms. The molecule has 1 unspecified atom stereocenters. The van der Waals surface area contributed by atoms with Gasteiger partial charge in [0.2, 0.25) is 0 Å². The first kappa shape index (κ1) is 18.0. The average molecular weight is 377 g/mol. The first-order valence-corrected chi connectivity index (χ1v) is 9.14. The van der Waals surface area contributed by atoms with Crippen molar-refractivity contribution in [2.75, 3.05) is 6.61 Å². The fourth-order valence-electron chi connectivity index (χ4n) is 2.57. The molecule has 1 N–H and O–H groups in total. The van der Waals surface area contributed by atoms with Gasteiger partial charge in [0.25, 0.3) is 0 Å². The highest BCUT2D eigenvalue weighted by molar-refractivity contribution is 8.15. The normalized spacial score (nSPS) is 18.4. The minimum absolute atomic E-state index is 0.00131. The van der Waals surface area contributed by atoms with Crippen molar-refractivity contribution in [2.24, 2.45) is 0 Å². The summed E-state index contributed by atoms with van der Waals surface area (Å²) in [6, 6.07) is 14.3. The molecule has 4 nitrogen and oxygen atoms in total. The Balaban J connectivity index is 1.53. The molecule has 25 heavy (non-hydrogen) atoms. The topological polar surface area (TPSA) is 63.6 Å². The Labute approximate surface area is 155 Å². The van der Waals surface area contributed by atoms with E-state index < -0.39 is 6.10 Å². The second-order valence-electron chi connectivity index (χ2n) is 5.85. The van der Waals surface area contributed by atoms with Crippen LogP contribution in [0, 0.1) is 0 Å². The highest BCUT2D eigenvalue weighted by Gasteiger charge is 2.31. The van der Waals surface area contributed by atoms with Crippen molar-refractivity contribution in [3.05, 3.63) is 64.7 Å². The van der Waals surface area contributed by atoms with Gasteiger partial charge in [-0.05, 0) is 41.8 Å². The molecule has 130 valence electrons. The van der Waals surface area contributed by atoms with Crippen LogP contribution < -0.4 is 4.74 Å². The zero-order valence-electron chi connectivity index (χ0n) is 13.4. The second-order valence-corrected chi connectivity index (χ2v) is 7.54. The molecule has 0 radical (unpaired) electrons. The number of ketones is 1. The van der Waals surface area contributed by atoms with E-state index in [1.807, 2.05) is 12.1 Å². The number of hydrogen-bond acceptors (Lipinski definition) is 5. The van der Waals surface area contributed by atoms with Crippen molar-refractivity contribution in [3.63, 3.8) is 0 Å². The molecule has 1 saturated heterocycles. The number of hydrogen-bond donors (Lipinski definition) is 1. The van der Waals surface area contributed by atoms with Gasteiger partial charge in [-0.1, -0.05) is 47.6 Å². The molecule has 1 aliphatic heterocycles. The van der Waals surface area contributed by atoms with Crippen molar-refractivity contribution in [1.29, 1.82) is 0 Å². The summed E-state index contributed by atoms with van der Waals surface area (Å²) in [6.07, 6.45) is -0.155. The molecule has 6 heteroatoms. The molecule has 0 bridgehead atoms. The van der Waals surface area contributed by atoms with Crippen LogP contribution >= 0.6 is 23.4 Å². The van der Waals surface area contributed by atoms with Crippen LogP contribution in [0.1, 0.15) is 23.7 Å². The highest BCUT2D eigenvalue weighted by atomic mass is 35.5. The quantitative estimate of drug-likeness (QED) is 0.780. The molecule has 2 aromatic rings. The van der Waals surface area contributed by atoms with E-state index in [2.05, 4.69) is 0 Å². The van der Waals surface area contributed by atoms with Crippen molar-refractivity contribution in [3.8, 4) is 5.75 Å². The largest absolute Gasteiger partial charge is 0.491 e. The Morgan fingerprint density at radius 1 is 1.12 bits per heavy atom. The van der Waals surface area contributed by atoms with E-state index in [1.165, 1.54) is 0 Å². The van der Waals surface area contributed by atoms with Crippen molar-refractivity contribution in [1.82, 2.24) is 0 Å². The fraction of sp³-hybridized carbons (Fsp3) is 0.263. The number of thioether (sulfide) groups is 1. The maximum absolute atomic E-state index is 11.7. The first-order valence-electron chi connectivity index (χ1n) is 7.89. The molecule has 3 rings (SSSR count). The summed E-state index contributed by atoms with van der Waals surface area (Å²) in [5.74, 6) is 0.639. The third-order valence-corrected chi connectivity index (χ3v) is 5.33. The van der Waals surface area contributed by atoms with E-state index in [1.54, 1.807) is 36.4 Å². The highest BCUT2D eigenvalue weighted by Crippen LogP contribution is 2.28. The van der Waals surface area contributed by atoms with Crippen LogP contribution in [0.25, 0.3) is 0 Å². The maximum Gasteiger partial charge on any atom is 0.197 e. The molecule has 1 fully saturated rings. The zero-order chi connectivity index (χ0) is 17.8. The number of rotatable bonds is 6. The van der Waals surface area contributed by atoms with Gasteiger partial charge in [0.1, 0.15) is 18.5 Å². The van der Waals surface area contributed by atoms with Crippen LogP contribution in [0.4, 0.5) is 0 Å². The third kappa shape index (κ3) is 4.84. The van der Waals surface area contributed by atoms with Crippen LogP contribution in [0.2, 0.25) is 5.02 Å². The van der Waals surface area contributed by atoms with E-state index in [-0.39, 0.29) is 29.2 Å². The molecule has 0 saturated carbocycles. The lowest BCUT2D eigenvalue weighted by Crippen LogP contribution is -2.13. The van der Waals surface area contributed by atoms with Crippen LogP contribution in [0.15, 0.2) is 48.5 Å². The van der Waals surface area contributed by atoms with Crippen LogP contribution in [-0.4, -0.2) is 27.9 Å². The summed E-state index contributed by atoms with van der Waals surface area (Å²) >= 11 is 6.95. The van der Waals surface area contributed by atoms with E-state index in [0.29, 0.717) is 17.2 Å². The minimum Gasteiger partial charge on any atom is -0.491 e. The number of halogens is 1. The summed E-state index contributed by atoms with van der Waals surface area (Å²) in [5, 5.41) is 10.4. The lowest BCUT2D eigenvalue weighted by atomic mass is 10.1. The minimum atomic E-state index is -0.740. The van der Waals surface area contributed by atoms with Gasteiger partial charge < -0.3 is 9.84 Å². The molecule has 0 aliphatic carbocycles. The second kappa shape index (κ2) is 8.04. The van der Waals surface area contributed by atoms with Gasteiger partial charge in [0, 0.05) is 5.02 Å². The summed E-state index contributed by atoms with van der Waals surface area (Å²) in [5.41, 5.74) is 1.72. The maximum atomic E-state index is 11.7. The van der Waals surface area contributed by atoms with Gasteiger partial charge in [0.05, 0.1) is 11.7 Å². The lowest BCUT2D eigenvalue weighted by Gasteiger charge is -2.13. The van der Waals surface area contributed by atoms with Crippen LogP contribution in [-0.2, 0) is 16.0 Å². The van der Waals surface area contributed by atoms with Crippen LogP contribution in [0.3, 0.4) is 0 Å². The fourth-order valence-corrected chi connectivity index (χ4v) is 3.73. The first-order chi connectivity index (χ1) is 12.0. The smallest absolute Gasteiger partial charge is 0.197 e. The van der Waals surface area contributed by atoms with E-state index in [4.69, 9.17) is 16.3 Å². The molecular formula is C19H17ClO4S. The Morgan fingerprint density at radius 2 is 1.80 bits per heavy atom. The van der Waals surface area contributed by atoms with Crippen molar-refractivity contribution < 1.29 is 19.4 Å². The lowest BCUT2D eigenvalue weighted by molar-refractivity contribution is -0.121. The Kier molecular flexibility index (Phi) is 5.78. The SMILES string of the molecule is O=C1CC(=O)C(Cc2ccc(OC[C@H](O)c3ccc(Cl)cc3)cc2)S1. The number of benzene rings is 2. The van der Waals surface area contributed by atoms with Gasteiger partial charge in [-0.25, -0.2) is 0 Å². The molecule has 1 aliphatic rings. The molecule has 1 heterocycles. The van der Waals surface area contributed by atoms with Gasteiger partial charge in [-0.3, -0.25) is 9.59 Å². The number of aliphatic hydroxyl groups excluding tert-OH is 1. The van der Waals surface area contributed by atoms with Gasteiger partial charge in [0.15, 0.2) is 10.9 Å². The Hall–Kier alpha value is -1.82. The third-order valence-electron chi connectivity index (χ3n) is 3.96. The van der Waals surface area contributed by atoms with Gasteiger partial charge in [-0.15, -0.1) is 0 Å². The summed E-state index contributed by atoms with van der Waals surface area (Å²) < 4.78 is 5.61. The van der Waals surface area contributed by atoms with Crippen molar-refractivity contribution >= 4 is 34.3 Å². The Bertz CT molecular complexity index is 758. The van der Waals surface area contributed by atoms with E-state index in [0.717, 1.165) is 22.9 Å². The monoisotopic (exact) mass is 376 g/mol. The standard InChI is InChI=1S/C19H17ClO4S/c20-14-5-3-13(4-6-14)17(22)11-24-15-7-1-12(2-8-15)9-18-16(21)10-19(23)25-18/h1-8,17-18,22H,9-11H2/t17-,18?/m0/s1. The van der Waals surface area contributed by atoms with E-state index >= 15 is 0 Å². The average Bonchev–Trinajstić information content (AvgIpc) is 2.92. The van der Waals surface area contributed by atoms with E-state index in [9.17, 15) is 14.7 Å². The van der Waals surface area contributed by atoms with Crippen LogP contribution in [0.5, 0.6) is 5.75 Å². The summed E-state index contributed by atoms with van der Waals surface area (Å²) in [7, 11) is 0. The molecule has 0 aromatic heterocycles. The predicted molar refractivity (Wildman–Crippen MR) is 98.1 cm³/mol. The van der Waals surface area contributed by atoms with Gasteiger partial charge >= 0.3 is 0 Å². The number of Topliss-reactive ketones (excluding diaryl/α,β-unsaturated/α-hetero) is 1.